The number of rotatable bonds is 14. The Morgan fingerprint density at radius 2 is 1.60 bits per heavy atom. The molecule has 3 atom stereocenters. The van der Waals surface area contributed by atoms with Crippen molar-refractivity contribution in [3.8, 4) is 0 Å². The van der Waals surface area contributed by atoms with Crippen LogP contribution in [-0.4, -0.2) is 46.7 Å². The third-order valence-corrected chi connectivity index (χ3v) is 7.30. The van der Waals surface area contributed by atoms with Crippen molar-refractivity contribution in [2.45, 2.75) is 70.2 Å². The normalized spacial score (nSPS) is 18.5. The van der Waals surface area contributed by atoms with Crippen LogP contribution in [0.2, 0.25) is 0 Å². The molecule has 3 aromatic rings. The van der Waals surface area contributed by atoms with E-state index in [1.54, 1.807) is 5.48 Å². The van der Waals surface area contributed by atoms with Crippen molar-refractivity contribution >= 4 is 17.5 Å². The van der Waals surface area contributed by atoms with Crippen molar-refractivity contribution < 1.29 is 29.4 Å². The van der Waals surface area contributed by atoms with Gasteiger partial charge in [-0.25, -0.2) is 5.48 Å². The van der Waals surface area contributed by atoms with Gasteiger partial charge in [-0.05, 0) is 48.7 Å². The average molecular weight is 576 g/mol. The molecule has 1 aliphatic heterocycles. The van der Waals surface area contributed by atoms with Gasteiger partial charge >= 0.3 is 0 Å². The van der Waals surface area contributed by atoms with Crippen LogP contribution >= 0.6 is 0 Å². The van der Waals surface area contributed by atoms with E-state index in [9.17, 15) is 14.7 Å². The van der Waals surface area contributed by atoms with Crippen molar-refractivity contribution in [1.82, 2.24) is 10.4 Å². The van der Waals surface area contributed by atoms with E-state index in [0.717, 1.165) is 29.8 Å². The van der Waals surface area contributed by atoms with E-state index in [-0.39, 0.29) is 31.1 Å². The Balaban J connectivity index is 1.41. The molecule has 0 unspecified atom stereocenters. The summed E-state index contributed by atoms with van der Waals surface area (Å²) in [4.78, 5) is 25.9. The number of hydrogen-bond donors (Lipinski definition) is 4. The first kappa shape index (κ1) is 31.3. The number of ether oxygens (including phenoxy) is 2. The number of nitrogens with one attached hydrogen (secondary N) is 2. The minimum Gasteiger partial charge on any atom is -0.392 e. The Morgan fingerprint density at radius 1 is 0.857 bits per heavy atom. The molecule has 1 aliphatic rings. The van der Waals surface area contributed by atoms with Crippen LogP contribution in [0.5, 0.6) is 0 Å². The average Bonchev–Trinajstić information content (AvgIpc) is 3.01. The van der Waals surface area contributed by atoms with Crippen LogP contribution < -0.4 is 10.8 Å². The molecular weight excluding hydrogens is 534 g/mol. The first-order valence-electron chi connectivity index (χ1n) is 14.5. The van der Waals surface area contributed by atoms with E-state index in [2.05, 4.69) is 29.4 Å². The number of likely N-dealkylation sites (N-methyl/N-ethyl adjacent to an activating group) is 1. The van der Waals surface area contributed by atoms with Crippen LogP contribution in [0, 0.1) is 0 Å². The Morgan fingerprint density at radius 3 is 2.31 bits per heavy atom. The molecule has 42 heavy (non-hydrogen) atoms. The maximum Gasteiger partial charge on any atom is 0.243 e. The van der Waals surface area contributed by atoms with Crippen molar-refractivity contribution in [3.63, 3.8) is 0 Å². The number of aliphatic hydroxyl groups excluding tert-OH is 1. The van der Waals surface area contributed by atoms with Crippen LogP contribution in [-0.2, 0) is 32.2 Å². The molecule has 0 saturated carbocycles. The summed E-state index contributed by atoms with van der Waals surface area (Å²) in [6, 6.07) is 25.7. The lowest BCUT2D eigenvalue weighted by atomic mass is 9.99. The number of hydroxylamine groups is 1. The molecule has 9 heteroatoms. The second-order valence-corrected chi connectivity index (χ2v) is 10.8. The molecule has 4 N–H and O–H groups in total. The summed E-state index contributed by atoms with van der Waals surface area (Å²) in [7, 11) is 2.09. The monoisotopic (exact) mass is 575 g/mol. The molecule has 2 amide bonds. The van der Waals surface area contributed by atoms with Gasteiger partial charge in [-0.2, -0.15) is 0 Å². The molecule has 0 aromatic heterocycles. The highest BCUT2D eigenvalue weighted by Crippen LogP contribution is 2.38. The topological polar surface area (TPSA) is 120 Å². The van der Waals surface area contributed by atoms with Crippen molar-refractivity contribution in [3.05, 3.63) is 101 Å². The molecule has 1 saturated heterocycles. The lowest BCUT2D eigenvalue weighted by Gasteiger charge is -2.38. The van der Waals surface area contributed by atoms with Gasteiger partial charge in [0.2, 0.25) is 11.8 Å². The SMILES string of the molecule is CN(Cc1ccccc1)C[C@@H]1C[C@H](c2ccc(CO)cc2)O[C@H](c2cccc(NC(=O)CCCCCC(=O)NO)c2)O1. The molecule has 1 fully saturated rings. The van der Waals surface area contributed by atoms with Crippen LogP contribution in [0.15, 0.2) is 78.9 Å². The standard InChI is InChI=1S/C33H41N3O6/c1-36(21-24-9-4-2-5-10-24)22-29-20-30(26-17-15-25(23-37)16-18-26)42-33(41-29)27-11-8-12-28(19-27)34-31(38)13-6-3-7-14-32(39)35-40/h2,4-5,8-12,15-19,29-30,33,37,40H,3,6-7,13-14,20-23H2,1H3,(H,34,38)(H,35,39)/t29-,30+,33+/m0/s1. The van der Waals surface area contributed by atoms with Gasteiger partial charge in [0.25, 0.3) is 0 Å². The van der Waals surface area contributed by atoms with E-state index >= 15 is 0 Å². The number of unbranched alkanes of at least 4 members (excludes halogenated alkanes) is 2. The first-order valence-corrected chi connectivity index (χ1v) is 14.5. The molecule has 0 bridgehead atoms. The largest absolute Gasteiger partial charge is 0.392 e. The third-order valence-electron chi connectivity index (χ3n) is 7.30. The zero-order valence-corrected chi connectivity index (χ0v) is 24.1. The zero-order valence-electron chi connectivity index (χ0n) is 24.1. The van der Waals surface area contributed by atoms with Gasteiger partial charge in [0.05, 0.1) is 18.8 Å². The minimum atomic E-state index is -0.620. The highest BCUT2D eigenvalue weighted by molar-refractivity contribution is 5.90. The van der Waals surface area contributed by atoms with Gasteiger partial charge in [0, 0.05) is 43.6 Å². The fourth-order valence-electron chi connectivity index (χ4n) is 5.13. The van der Waals surface area contributed by atoms with Crippen molar-refractivity contribution in [2.75, 3.05) is 18.9 Å². The maximum atomic E-state index is 12.5. The molecule has 9 nitrogen and oxygen atoms in total. The van der Waals surface area contributed by atoms with Crippen LogP contribution in [0.4, 0.5) is 5.69 Å². The molecule has 3 aromatic carbocycles. The number of aliphatic hydroxyl groups is 1. The number of anilines is 1. The van der Waals surface area contributed by atoms with Gasteiger partial charge < -0.3 is 19.9 Å². The summed E-state index contributed by atoms with van der Waals surface area (Å²) in [5.41, 5.74) is 6.20. The summed E-state index contributed by atoms with van der Waals surface area (Å²) in [5, 5.41) is 21.0. The molecule has 224 valence electrons. The first-order chi connectivity index (χ1) is 20.4. The van der Waals surface area contributed by atoms with E-state index in [1.165, 1.54) is 5.56 Å². The number of nitrogens with zero attached hydrogens (tertiary/aromatic N) is 1. The van der Waals surface area contributed by atoms with Crippen molar-refractivity contribution in [2.24, 2.45) is 0 Å². The summed E-state index contributed by atoms with van der Waals surface area (Å²) in [6.07, 6.45) is 2.32. The van der Waals surface area contributed by atoms with E-state index in [1.807, 2.05) is 66.7 Å². The Hall–Kier alpha value is -3.60. The maximum absolute atomic E-state index is 12.5. The van der Waals surface area contributed by atoms with Crippen LogP contribution in [0.25, 0.3) is 0 Å². The molecule has 0 radical (unpaired) electrons. The van der Waals surface area contributed by atoms with Gasteiger partial charge in [-0.1, -0.05) is 73.2 Å². The smallest absolute Gasteiger partial charge is 0.243 e. The van der Waals surface area contributed by atoms with Gasteiger partial charge in [-0.15, -0.1) is 0 Å². The molecule has 0 spiro atoms. The number of carbonyl (C=O) groups excluding carboxylic acids is 2. The number of carbonyl (C=O) groups is 2. The second-order valence-electron chi connectivity index (χ2n) is 10.8. The molecular formula is C33H41N3O6. The van der Waals surface area contributed by atoms with Gasteiger partial charge in [0.1, 0.15) is 0 Å². The Bertz CT molecular complexity index is 1270. The fraction of sp³-hybridized carbons (Fsp3) is 0.394. The number of amides is 2. The summed E-state index contributed by atoms with van der Waals surface area (Å²) >= 11 is 0. The molecule has 1 heterocycles. The highest BCUT2D eigenvalue weighted by atomic mass is 16.7. The third kappa shape index (κ3) is 9.75. The van der Waals surface area contributed by atoms with Crippen LogP contribution in [0.1, 0.15) is 73.2 Å². The molecule has 4 rings (SSSR count). The number of hydrogen-bond acceptors (Lipinski definition) is 7. The van der Waals surface area contributed by atoms with E-state index in [4.69, 9.17) is 14.7 Å². The zero-order chi connectivity index (χ0) is 29.7. The lowest BCUT2D eigenvalue weighted by Crippen LogP contribution is -2.37. The lowest BCUT2D eigenvalue weighted by molar-refractivity contribution is -0.252. The summed E-state index contributed by atoms with van der Waals surface area (Å²) in [5.74, 6) is -0.524. The highest BCUT2D eigenvalue weighted by Gasteiger charge is 2.33. The minimum absolute atomic E-state index is 0.0101. The Labute approximate surface area is 247 Å². The quantitative estimate of drug-likeness (QED) is 0.118. The molecule has 0 aliphatic carbocycles. The van der Waals surface area contributed by atoms with Crippen molar-refractivity contribution in [1.29, 1.82) is 0 Å². The van der Waals surface area contributed by atoms with Gasteiger partial charge in [0.15, 0.2) is 6.29 Å². The fourth-order valence-corrected chi connectivity index (χ4v) is 5.13. The van der Waals surface area contributed by atoms with E-state index < -0.39 is 12.2 Å². The van der Waals surface area contributed by atoms with E-state index in [0.29, 0.717) is 37.8 Å². The Kier molecular flexibility index (Phi) is 12.0. The van der Waals surface area contributed by atoms with Gasteiger partial charge in [-0.3, -0.25) is 19.7 Å². The summed E-state index contributed by atoms with van der Waals surface area (Å²) in [6.45, 7) is 1.51. The predicted molar refractivity (Wildman–Crippen MR) is 159 cm³/mol. The second kappa shape index (κ2) is 16.1. The predicted octanol–water partition coefficient (Wildman–Crippen LogP) is 5.25. The summed E-state index contributed by atoms with van der Waals surface area (Å²) < 4.78 is 13.0. The number of benzene rings is 3. The van der Waals surface area contributed by atoms with Crippen LogP contribution in [0.3, 0.4) is 0 Å².